The molecule has 0 amide bonds. The Morgan fingerprint density at radius 3 is 1.54 bits per heavy atom. The van der Waals surface area contributed by atoms with Gasteiger partial charge in [-0.15, -0.1) is 0 Å². The molecule has 0 heterocycles. The Balaban J connectivity index is 1.86. The van der Waals surface area contributed by atoms with E-state index in [1.165, 1.54) is 206 Å². The lowest BCUT2D eigenvalue weighted by molar-refractivity contribution is 0.398. The Kier molecular flexibility index (Phi) is 20.3. The average Bonchev–Trinajstić information content (AvgIpc) is 3.41. The Morgan fingerprint density at radius 2 is 1.00 bits per heavy atom. The van der Waals surface area contributed by atoms with Crippen LogP contribution in [0, 0.1) is 6.92 Å². The van der Waals surface area contributed by atoms with Crippen LogP contribution in [0.2, 0.25) is 0 Å². The second-order valence-corrected chi connectivity index (χ2v) is 17.9. The first-order chi connectivity index (χ1) is 26.4. The van der Waals surface area contributed by atoms with Crippen molar-refractivity contribution in [3.05, 3.63) is 80.8 Å². The molecule has 3 aromatic carbocycles. The van der Waals surface area contributed by atoms with Gasteiger partial charge in [0.2, 0.25) is 0 Å². The molecule has 2 radical (unpaired) electrons. The SMILES string of the molecule is [B]c1ccc2c(c1)C(CCCCCCCC)(CCCCCCCC)c1cc(-c3ccc(Br)cc3C)c(C=C(CCCCCCC)CCCCCCC)cc1-2. The summed E-state index contributed by atoms with van der Waals surface area (Å²) >= 11 is 3.79. The summed E-state index contributed by atoms with van der Waals surface area (Å²) in [4.78, 5) is 0. The van der Waals surface area contributed by atoms with E-state index < -0.39 is 0 Å². The van der Waals surface area contributed by atoms with Crippen molar-refractivity contribution in [3.63, 3.8) is 0 Å². The molecule has 4 rings (SSSR count). The summed E-state index contributed by atoms with van der Waals surface area (Å²) < 4.78 is 1.16. The van der Waals surface area contributed by atoms with E-state index in [2.05, 4.69) is 105 Å². The van der Waals surface area contributed by atoms with E-state index in [1.807, 2.05) is 0 Å². The average molecular weight is 792 g/mol. The standard InChI is InChI=1S/C52H76BBr/c1-6-10-14-18-22-26-34-52(35-27-23-19-15-11-7-2)50-39-44(53)30-32-47(50)49-38-43(48(40-51(49)52)46-33-31-45(54)36-41(46)5)37-42(28-24-20-16-12-8-3)29-25-21-17-13-9-4/h30-33,36-40H,6-29,34-35H2,1-5H3. The maximum atomic E-state index is 6.70. The third kappa shape index (κ3) is 13.0. The fraction of sp³-hybridized carbons (Fsp3) is 0.615. The van der Waals surface area contributed by atoms with Crippen LogP contribution in [0.15, 0.2) is 58.6 Å². The molecule has 0 fully saturated rings. The lowest BCUT2D eigenvalue weighted by atomic mass is 9.69. The number of rotatable bonds is 28. The Labute approximate surface area is 343 Å². The highest BCUT2D eigenvalue weighted by Crippen LogP contribution is 2.55. The molecule has 0 atom stereocenters. The number of halogens is 1. The highest BCUT2D eigenvalue weighted by molar-refractivity contribution is 9.10. The highest BCUT2D eigenvalue weighted by atomic mass is 79.9. The van der Waals surface area contributed by atoms with Gasteiger partial charge in [-0.05, 0) is 114 Å². The van der Waals surface area contributed by atoms with Crippen LogP contribution in [0.5, 0.6) is 0 Å². The van der Waals surface area contributed by atoms with Gasteiger partial charge in [0.1, 0.15) is 7.85 Å². The van der Waals surface area contributed by atoms with Crippen molar-refractivity contribution in [2.24, 2.45) is 0 Å². The van der Waals surface area contributed by atoms with Crippen molar-refractivity contribution in [1.29, 1.82) is 0 Å². The minimum absolute atomic E-state index is 0.0111. The molecule has 1 aliphatic carbocycles. The third-order valence-electron chi connectivity index (χ3n) is 12.5. The predicted octanol–water partition coefficient (Wildman–Crippen LogP) is 17.1. The molecule has 0 aromatic heterocycles. The lowest BCUT2D eigenvalue weighted by Crippen LogP contribution is -2.27. The maximum absolute atomic E-state index is 6.70. The van der Waals surface area contributed by atoms with Gasteiger partial charge in [-0.25, -0.2) is 0 Å². The first kappa shape index (κ1) is 44.7. The van der Waals surface area contributed by atoms with E-state index in [-0.39, 0.29) is 5.41 Å². The van der Waals surface area contributed by atoms with Crippen LogP contribution in [-0.4, -0.2) is 7.85 Å². The van der Waals surface area contributed by atoms with E-state index in [9.17, 15) is 0 Å². The Bertz CT molecular complexity index is 1530. The predicted molar refractivity (Wildman–Crippen MR) is 247 cm³/mol. The lowest BCUT2D eigenvalue weighted by Gasteiger charge is -2.34. The maximum Gasteiger partial charge on any atom is 0.113 e. The van der Waals surface area contributed by atoms with E-state index in [4.69, 9.17) is 7.85 Å². The van der Waals surface area contributed by atoms with Crippen LogP contribution in [-0.2, 0) is 5.41 Å². The van der Waals surface area contributed by atoms with Crippen LogP contribution < -0.4 is 5.46 Å². The molecule has 294 valence electrons. The largest absolute Gasteiger partial charge is 0.113 e. The van der Waals surface area contributed by atoms with Crippen LogP contribution in [0.25, 0.3) is 28.3 Å². The van der Waals surface area contributed by atoms with E-state index in [0.717, 1.165) is 9.94 Å². The molecule has 0 bridgehead atoms. The third-order valence-corrected chi connectivity index (χ3v) is 13.0. The van der Waals surface area contributed by atoms with Crippen molar-refractivity contribution in [2.45, 2.75) is 207 Å². The smallest absolute Gasteiger partial charge is 0.0963 e. The van der Waals surface area contributed by atoms with Gasteiger partial charge in [0, 0.05) is 9.89 Å². The molecule has 54 heavy (non-hydrogen) atoms. The zero-order valence-corrected chi connectivity index (χ0v) is 37.1. The molecule has 0 unspecified atom stereocenters. The first-order valence-corrected chi connectivity index (χ1v) is 23.7. The van der Waals surface area contributed by atoms with E-state index >= 15 is 0 Å². The van der Waals surface area contributed by atoms with Crippen molar-refractivity contribution < 1.29 is 0 Å². The van der Waals surface area contributed by atoms with Gasteiger partial charge in [0.15, 0.2) is 0 Å². The van der Waals surface area contributed by atoms with Gasteiger partial charge in [-0.3, -0.25) is 0 Å². The van der Waals surface area contributed by atoms with Gasteiger partial charge in [0.25, 0.3) is 0 Å². The molecule has 0 spiro atoms. The number of hydrogen-bond donors (Lipinski definition) is 0. The summed E-state index contributed by atoms with van der Waals surface area (Å²) in [6.07, 6.45) is 36.8. The summed E-state index contributed by atoms with van der Waals surface area (Å²) in [5.41, 5.74) is 14.1. The van der Waals surface area contributed by atoms with Crippen molar-refractivity contribution in [1.82, 2.24) is 0 Å². The molecule has 0 aliphatic heterocycles. The van der Waals surface area contributed by atoms with Gasteiger partial charge < -0.3 is 0 Å². The molecule has 0 saturated heterocycles. The second-order valence-electron chi connectivity index (χ2n) is 17.0. The molecule has 3 aromatic rings. The number of hydrogen-bond acceptors (Lipinski definition) is 0. The molecule has 0 saturated carbocycles. The van der Waals surface area contributed by atoms with E-state index in [0.29, 0.717) is 0 Å². The fourth-order valence-electron chi connectivity index (χ4n) is 9.33. The summed E-state index contributed by atoms with van der Waals surface area (Å²) in [7, 11) is 6.70. The molecular weight excluding hydrogens is 715 g/mol. The van der Waals surface area contributed by atoms with E-state index in [1.54, 1.807) is 11.1 Å². The van der Waals surface area contributed by atoms with Gasteiger partial charge >= 0.3 is 0 Å². The van der Waals surface area contributed by atoms with Crippen molar-refractivity contribution in [3.8, 4) is 22.3 Å². The number of aryl methyl sites for hydroxylation is 1. The summed E-state index contributed by atoms with van der Waals surface area (Å²) in [6.45, 7) is 11.6. The first-order valence-electron chi connectivity index (χ1n) is 22.9. The molecular formula is C52H76BBr. The van der Waals surface area contributed by atoms with Crippen LogP contribution in [0.1, 0.15) is 217 Å². The van der Waals surface area contributed by atoms with Crippen molar-refractivity contribution in [2.75, 3.05) is 0 Å². The topological polar surface area (TPSA) is 0 Å². The summed E-state index contributed by atoms with van der Waals surface area (Å²) in [6, 6.07) is 19.1. The highest BCUT2D eigenvalue weighted by Gasteiger charge is 2.43. The minimum atomic E-state index is 0.0111. The normalized spacial score (nSPS) is 12.9. The number of benzene rings is 3. The molecule has 0 N–H and O–H groups in total. The quantitative estimate of drug-likeness (QED) is 0.0508. The Hall–Kier alpha value is -2.06. The number of unbranched alkanes of at least 4 members (excludes halogenated alkanes) is 18. The Morgan fingerprint density at radius 1 is 0.519 bits per heavy atom. The van der Waals surface area contributed by atoms with Crippen LogP contribution in [0.4, 0.5) is 0 Å². The molecule has 1 aliphatic rings. The van der Waals surface area contributed by atoms with Gasteiger partial charge in [0.05, 0.1) is 0 Å². The second kappa shape index (κ2) is 24.6. The number of fused-ring (bicyclic) bond motifs is 3. The van der Waals surface area contributed by atoms with Crippen molar-refractivity contribution >= 4 is 35.3 Å². The fourth-order valence-corrected chi connectivity index (χ4v) is 9.81. The van der Waals surface area contributed by atoms with Crippen LogP contribution >= 0.6 is 15.9 Å². The van der Waals surface area contributed by atoms with Gasteiger partial charge in [-0.1, -0.05) is 213 Å². The minimum Gasteiger partial charge on any atom is -0.0963 e. The van der Waals surface area contributed by atoms with Gasteiger partial charge in [-0.2, -0.15) is 0 Å². The van der Waals surface area contributed by atoms with Crippen LogP contribution in [0.3, 0.4) is 0 Å². The monoisotopic (exact) mass is 791 g/mol. The summed E-state index contributed by atoms with van der Waals surface area (Å²) in [5, 5.41) is 0. The number of allylic oxidation sites excluding steroid dienone is 1. The zero-order valence-electron chi connectivity index (χ0n) is 35.5. The zero-order chi connectivity index (χ0) is 38.6. The molecule has 0 nitrogen and oxygen atoms in total. The molecule has 2 heteroatoms. The summed E-state index contributed by atoms with van der Waals surface area (Å²) in [5.74, 6) is 0.